The molecule has 1 aliphatic heterocycles. The molecule has 1 fully saturated rings. The van der Waals surface area contributed by atoms with Crippen LogP contribution in [0.3, 0.4) is 0 Å². The molecule has 7 heteroatoms. The minimum absolute atomic E-state index is 0.0346. The average molecular weight is 498 g/mol. The number of amides is 1. The Labute approximate surface area is 212 Å². The quantitative estimate of drug-likeness (QED) is 0.284. The lowest BCUT2D eigenvalue weighted by Crippen LogP contribution is -2.40. The summed E-state index contributed by atoms with van der Waals surface area (Å²) in [6, 6.07) is 11.7. The molecule has 0 bridgehead atoms. The Bertz CT molecular complexity index is 1090. The standard InChI is InChI=1S/C28H35NO5S/c1-8-33-27(32)28(5,6)34-26-17(2)13-21(14-18(26)3)23-15-29(19(4)30)16-24(23)25(31)20-9-11-22(35-7)12-10-20/h9-14,23-24H,8,15-16H2,1-7H3/t23?,24-/m0/s1. The molecule has 6 nitrogen and oxygen atoms in total. The number of aryl methyl sites for hydroxylation is 2. The Morgan fingerprint density at radius 1 is 1.06 bits per heavy atom. The Kier molecular flexibility index (Phi) is 8.31. The van der Waals surface area contributed by atoms with E-state index in [0.717, 1.165) is 21.6 Å². The molecule has 1 saturated heterocycles. The van der Waals surface area contributed by atoms with Crippen molar-refractivity contribution in [2.24, 2.45) is 5.92 Å². The molecule has 188 valence electrons. The Morgan fingerprint density at radius 3 is 2.17 bits per heavy atom. The van der Waals surface area contributed by atoms with Gasteiger partial charge in [-0.05, 0) is 69.7 Å². The van der Waals surface area contributed by atoms with E-state index >= 15 is 0 Å². The molecule has 1 aliphatic rings. The second-order valence-electron chi connectivity index (χ2n) is 9.55. The van der Waals surface area contributed by atoms with Crippen LogP contribution in [0.1, 0.15) is 60.7 Å². The number of carbonyl (C=O) groups excluding carboxylic acids is 3. The lowest BCUT2D eigenvalue weighted by molar-refractivity contribution is -0.158. The van der Waals surface area contributed by atoms with Gasteiger partial charge in [-0.25, -0.2) is 4.79 Å². The van der Waals surface area contributed by atoms with Crippen LogP contribution in [0.2, 0.25) is 0 Å². The first-order chi connectivity index (χ1) is 16.5. The van der Waals surface area contributed by atoms with E-state index in [-0.39, 0.29) is 30.1 Å². The van der Waals surface area contributed by atoms with Crippen molar-refractivity contribution in [2.45, 2.75) is 58.0 Å². The van der Waals surface area contributed by atoms with Gasteiger partial charge in [0.25, 0.3) is 0 Å². The molecule has 1 heterocycles. The van der Waals surface area contributed by atoms with Gasteiger partial charge in [-0.15, -0.1) is 11.8 Å². The van der Waals surface area contributed by atoms with Crippen LogP contribution in [0, 0.1) is 19.8 Å². The SMILES string of the molecule is CCOC(=O)C(C)(C)Oc1c(C)cc(C2CN(C(C)=O)C[C@@H]2C(=O)c2ccc(SC)cc2)cc1C. The van der Waals surface area contributed by atoms with Crippen molar-refractivity contribution in [3.8, 4) is 5.75 Å². The summed E-state index contributed by atoms with van der Waals surface area (Å²) in [5.74, 6) is -0.243. The monoisotopic (exact) mass is 497 g/mol. The molecule has 0 aromatic heterocycles. The van der Waals surface area contributed by atoms with E-state index in [2.05, 4.69) is 0 Å². The zero-order valence-corrected chi connectivity index (χ0v) is 22.5. The number of thioether (sulfide) groups is 1. The first kappa shape index (κ1) is 26.8. The summed E-state index contributed by atoms with van der Waals surface area (Å²) in [6.07, 6.45) is 2.00. The molecule has 2 atom stereocenters. The summed E-state index contributed by atoms with van der Waals surface area (Å²) in [5.41, 5.74) is 2.26. The fourth-order valence-corrected chi connectivity index (χ4v) is 5.00. The fraction of sp³-hybridized carbons (Fsp3) is 0.464. The average Bonchev–Trinajstić information content (AvgIpc) is 3.27. The highest BCUT2D eigenvalue weighted by Gasteiger charge is 2.40. The van der Waals surface area contributed by atoms with Crippen LogP contribution in [0.5, 0.6) is 5.75 Å². The van der Waals surface area contributed by atoms with Crippen LogP contribution in [-0.4, -0.2) is 54.1 Å². The van der Waals surface area contributed by atoms with Gasteiger partial charge in [0.05, 0.1) is 6.61 Å². The summed E-state index contributed by atoms with van der Waals surface area (Å²) in [6.45, 7) is 11.7. The molecule has 0 aliphatic carbocycles. The lowest BCUT2D eigenvalue weighted by Gasteiger charge is -2.27. The number of hydrogen-bond donors (Lipinski definition) is 0. The number of esters is 1. The number of rotatable bonds is 8. The summed E-state index contributed by atoms with van der Waals surface area (Å²) in [4.78, 5) is 40.9. The summed E-state index contributed by atoms with van der Waals surface area (Å²) in [7, 11) is 0. The van der Waals surface area contributed by atoms with Crippen LogP contribution in [0.25, 0.3) is 0 Å². The van der Waals surface area contributed by atoms with E-state index in [0.29, 0.717) is 24.4 Å². The van der Waals surface area contributed by atoms with Gasteiger partial charge in [-0.2, -0.15) is 0 Å². The first-order valence-electron chi connectivity index (χ1n) is 11.9. The highest BCUT2D eigenvalue weighted by atomic mass is 32.2. The second kappa shape index (κ2) is 10.9. The van der Waals surface area contributed by atoms with Crippen molar-refractivity contribution >= 4 is 29.4 Å². The maximum Gasteiger partial charge on any atom is 0.349 e. The van der Waals surface area contributed by atoms with E-state index < -0.39 is 11.6 Å². The number of carbonyl (C=O) groups is 3. The number of ketones is 1. The predicted octanol–water partition coefficient (Wildman–Crippen LogP) is 5.19. The van der Waals surface area contributed by atoms with Crippen molar-refractivity contribution in [3.63, 3.8) is 0 Å². The van der Waals surface area contributed by atoms with Gasteiger partial charge in [-0.3, -0.25) is 9.59 Å². The smallest absolute Gasteiger partial charge is 0.349 e. The Balaban J connectivity index is 1.93. The van der Waals surface area contributed by atoms with Gasteiger partial charge < -0.3 is 14.4 Å². The molecular formula is C28H35NO5S. The van der Waals surface area contributed by atoms with Crippen molar-refractivity contribution in [1.29, 1.82) is 0 Å². The van der Waals surface area contributed by atoms with E-state index in [1.54, 1.807) is 44.4 Å². The van der Waals surface area contributed by atoms with Gasteiger partial charge >= 0.3 is 5.97 Å². The number of Topliss-reactive ketones (excluding diaryl/α,β-unsaturated/α-hetero) is 1. The summed E-state index contributed by atoms with van der Waals surface area (Å²) >= 11 is 1.63. The van der Waals surface area contributed by atoms with E-state index in [1.165, 1.54) is 0 Å². The highest BCUT2D eigenvalue weighted by Crippen LogP contribution is 2.39. The number of likely N-dealkylation sites (tertiary alicyclic amines) is 1. The Morgan fingerprint density at radius 2 is 1.66 bits per heavy atom. The topological polar surface area (TPSA) is 72.9 Å². The highest BCUT2D eigenvalue weighted by molar-refractivity contribution is 7.98. The van der Waals surface area contributed by atoms with Crippen molar-refractivity contribution in [2.75, 3.05) is 26.0 Å². The molecule has 0 spiro atoms. The zero-order valence-electron chi connectivity index (χ0n) is 21.6. The lowest BCUT2D eigenvalue weighted by atomic mass is 9.82. The minimum Gasteiger partial charge on any atom is -0.476 e. The molecular weight excluding hydrogens is 462 g/mol. The summed E-state index contributed by atoms with van der Waals surface area (Å²) < 4.78 is 11.3. The van der Waals surface area contributed by atoms with Gasteiger partial charge in [0.1, 0.15) is 5.75 Å². The third kappa shape index (κ3) is 5.89. The number of ether oxygens (including phenoxy) is 2. The molecule has 1 amide bonds. The van der Waals surface area contributed by atoms with E-state index in [1.807, 2.05) is 56.5 Å². The molecule has 1 unspecified atom stereocenters. The molecule has 3 rings (SSSR count). The van der Waals surface area contributed by atoms with Crippen LogP contribution in [-0.2, 0) is 14.3 Å². The molecule has 0 saturated carbocycles. The van der Waals surface area contributed by atoms with Crippen molar-refractivity contribution < 1.29 is 23.9 Å². The number of nitrogens with zero attached hydrogens (tertiary/aromatic N) is 1. The van der Waals surface area contributed by atoms with E-state index in [4.69, 9.17) is 9.47 Å². The second-order valence-corrected chi connectivity index (χ2v) is 10.4. The van der Waals surface area contributed by atoms with Gasteiger partial charge in [0.15, 0.2) is 11.4 Å². The summed E-state index contributed by atoms with van der Waals surface area (Å²) in [5, 5.41) is 0. The molecule has 2 aromatic rings. The van der Waals surface area contributed by atoms with Gasteiger partial charge in [-0.1, -0.05) is 24.3 Å². The number of benzene rings is 2. The van der Waals surface area contributed by atoms with Crippen molar-refractivity contribution in [1.82, 2.24) is 4.90 Å². The maximum absolute atomic E-state index is 13.5. The third-order valence-corrected chi connectivity index (χ3v) is 7.26. The molecule has 35 heavy (non-hydrogen) atoms. The largest absolute Gasteiger partial charge is 0.476 e. The normalized spacial score (nSPS) is 17.9. The van der Waals surface area contributed by atoms with Crippen LogP contribution < -0.4 is 4.74 Å². The minimum atomic E-state index is -1.13. The molecule has 0 N–H and O–H groups in total. The molecule has 2 aromatic carbocycles. The van der Waals surface area contributed by atoms with Crippen LogP contribution in [0.4, 0.5) is 0 Å². The number of hydrogen-bond acceptors (Lipinski definition) is 6. The Hall–Kier alpha value is -2.80. The predicted molar refractivity (Wildman–Crippen MR) is 138 cm³/mol. The van der Waals surface area contributed by atoms with E-state index in [9.17, 15) is 14.4 Å². The van der Waals surface area contributed by atoms with Crippen LogP contribution >= 0.6 is 11.8 Å². The van der Waals surface area contributed by atoms with Gasteiger partial charge in [0.2, 0.25) is 5.91 Å². The maximum atomic E-state index is 13.5. The first-order valence-corrected chi connectivity index (χ1v) is 13.1. The third-order valence-electron chi connectivity index (χ3n) is 6.51. The zero-order chi connectivity index (χ0) is 25.9. The van der Waals surface area contributed by atoms with Gasteiger partial charge in [0, 0.05) is 42.3 Å². The fourth-order valence-electron chi connectivity index (χ4n) is 4.59. The van der Waals surface area contributed by atoms with Crippen molar-refractivity contribution in [3.05, 3.63) is 58.7 Å². The molecule has 0 radical (unpaired) electrons. The van der Waals surface area contributed by atoms with Crippen LogP contribution in [0.15, 0.2) is 41.3 Å².